The average molecular weight is 411 g/mol. The van der Waals surface area contributed by atoms with Crippen molar-refractivity contribution in [3.8, 4) is 0 Å². The molecule has 0 aromatic carbocycles. The monoisotopic (exact) mass is 410 g/mol. The normalized spacial score (nSPS) is 34.8. The van der Waals surface area contributed by atoms with Gasteiger partial charge >= 0.3 is 0 Å². The fraction of sp³-hybridized carbons (Fsp3) is 0.833. The Labute approximate surface area is 177 Å². The van der Waals surface area contributed by atoms with Crippen molar-refractivity contribution in [1.29, 1.82) is 0 Å². The van der Waals surface area contributed by atoms with Crippen molar-refractivity contribution in [2.75, 3.05) is 21.3 Å². The molecule has 0 unspecified atom stereocenters. The molecule has 5 nitrogen and oxygen atoms in total. The van der Waals surface area contributed by atoms with E-state index in [1.165, 1.54) is 0 Å². The molecule has 1 saturated carbocycles. The van der Waals surface area contributed by atoms with Gasteiger partial charge in [-0.1, -0.05) is 39.0 Å². The molecule has 2 rings (SSSR count). The summed E-state index contributed by atoms with van der Waals surface area (Å²) in [6.07, 6.45) is 9.85. The molecule has 0 aromatic rings. The van der Waals surface area contributed by atoms with E-state index in [4.69, 9.17) is 18.9 Å². The van der Waals surface area contributed by atoms with Crippen molar-refractivity contribution in [2.45, 2.75) is 84.1 Å². The molecule has 1 aliphatic carbocycles. The first-order valence-corrected chi connectivity index (χ1v) is 11.1. The lowest BCUT2D eigenvalue weighted by Gasteiger charge is -2.35. The van der Waals surface area contributed by atoms with Crippen LogP contribution in [0.1, 0.15) is 53.4 Å². The summed E-state index contributed by atoms with van der Waals surface area (Å²) in [6.45, 7) is 8.57. The van der Waals surface area contributed by atoms with Gasteiger partial charge in [-0.3, -0.25) is 0 Å². The van der Waals surface area contributed by atoms with E-state index in [-0.39, 0.29) is 36.6 Å². The maximum atomic E-state index is 10.8. The molecule has 168 valence electrons. The molecule has 0 spiro atoms. The molecule has 29 heavy (non-hydrogen) atoms. The van der Waals surface area contributed by atoms with Gasteiger partial charge in [0.15, 0.2) is 6.29 Å². The van der Waals surface area contributed by atoms with Crippen LogP contribution < -0.4 is 0 Å². The lowest BCUT2D eigenvalue weighted by molar-refractivity contribution is -0.205. The fourth-order valence-electron chi connectivity index (χ4n) is 4.83. The van der Waals surface area contributed by atoms with E-state index in [9.17, 15) is 5.11 Å². The van der Waals surface area contributed by atoms with Crippen molar-refractivity contribution >= 4 is 0 Å². The molecular weight excluding hydrogens is 368 g/mol. The third-order valence-electron chi connectivity index (χ3n) is 6.95. The number of rotatable bonds is 11. The second-order valence-corrected chi connectivity index (χ2v) is 8.82. The van der Waals surface area contributed by atoms with E-state index in [1.54, 1.807) is 21.3 Å². The van der Waals surface area contributed by atoms with Crippen LogP contribution in [-0.2, 0) is 18.9 Å². The predicted octanol–water partition coefficient (Wildman–Crippen LogP) is 4.35. The van der Waals surface area contributed by atoms with E-state index < -0.39 is 0 Å². The van der Waals surface area contributed by atoms with Gasteiger partial charge < -0.3 is 24.1 Å². The minimum atomic E-state index is -0.308. The molecule has 2 aliphatic rings. The van der Waals surface area contributed by atoms with Gasteiger partial charge in [0.25, 0.3) is 0 Å². The van der Waals surface area contributed by atoms with Gasteiger partial charge in [-0.15, -0.1) is 0 Å². The van der Waals surface area contributed by atoms with E-state index in [2.05, 4.69) is 39.8 Å². The first-order valence-electron chi connectivity index (χ1n) is 11.1. The van der Waals surface area contributed by atoms with Crippen LogP contribution in [-0.4, -0.2) is 57.1 Å². The number of hydrogen-bond donors (Lipinski definition) is 1. The molecule has 0 aromatic heterocycles. The molecular formula is C24H42O5. The van der Waals surface area contributed by atoms with E-state index in [0.29, 0.717) is 17.8 Å². The third kappa shape index (κ3) is 6.38. The number of aliphatic hydroxyl groups excluding tert-OH is 1. The van der Waals surface area contributed by atoms with Gasteiger partial charge in [0, 0.05) is 33.7 Å². The van der Waals surface area contributed by atoms with Gasteiger partial charge in [0.2, 0.25) is 0 Å². The molecule has 1 heterocycles. The predicted molar refractivity (Wildman–Crippen MR) is 116 cm³/mol. The SMILES string of the molecule is CC[C@H](OC)[C@@H](C)[C@H]1C[C@@H]1[C@H](O)[C@@H](C)/C=C/C=C(\C)[C@@H]1O[C@@H](OC)CC[C@H]1OC. The highest BCUT2D eigenvalue weighted by atomic mass is 16.7. The highest BCUT2D eigenvalue weighted by Gasteiger charge is 2.48. The van der Waals surface area contributed by atoms with Crippen LogP contribution in [0.15, 0.2) is 23.8 Å². The van der Waals surface area contributed by atoms with Gasteiger partial charge in [0.05, 0.1) is 18.3 Å². The average Bonchev–Trinajstić information content (AvgIpc) is 3.54. The summed E-state index contributed by atoms with van der Waals surface area (Å²) < 4.78 is 22.6. The van der Waals surface area contributed by atoms with Crippen LogP contribution >= 0.6 is 0 Å². The lowest BCUT2D eigenvalue weighted by atomic mass is 9.91. The fourth-order valence-corrected chi connectivity index (χ4v) is 4.83. The van der Waals surface area contributed by atoms with Gasteiger partial charge in [-0.05, 0) is 49.5 Å². The lowest BCUT2D eigenvalue weighted by Crippen LogP contribution is -2.41. The van der Waals surface area contributed by atoms with E-state index in [0.717, 1.165) is 31.3 Å². The molecule has 0 bridgehead atoms. The summed E-state index contributed by atoms with van der Waals surface area (Å²) in [5, 5.41) is 10.8. The number of aliphatic hydroxyl groups is 1. The molecule has 0 amide bonds. The Morgan fingerprint density at radius 1 is 1.14 bits per heavy atom. The zero-order valence-electron chi connectivity index (χ0n) is 19.3. The summed E-state index contributed by atoms with van der Waals surface area (Å²) in [6, 6.07) is 0. The zero-order valence-corrected chi connectivity index (χ0v) is 19.3. The zero-order chi connectivity index (χ0) is 21.6. The van der Waals surface area contributed by atoms with Crippen molar-refractivity contribution < 1.29 is 24.1 Å². The number of ether oxygens (including phenoxy) is 4. The highest BCUT2D eigenvalue weighted by Crippen LogP contribution is 2.49. The standard InChI is InChI=1S/C24H42O5/c1-8-20(26-5)17(4)18-14-19(18)23(25)15(2)10-9-11-16(3)24-21(27-6)12-13-22(28-7)29-24/h9-11,15,17-25H,8,12-14H2,1-7H3/b10-9+,16-11+/t15-,17-,18+,19-,20-,21+,22+,23+,24-/m0/s1. The third-order valence-corrected chi connectivity index (χ3v) is 6.95. The Balaban J connectivity index is 1.90. The van der Waals surface area contributed by atoms with E-state index in [1.807, 2.05) is 6.08 Å². The number of hydrogen-bond acceptors (Lipinski definition) is 5. The molecule has 5 heteroatoms. The van der Waals surface area contributed by atoms with Crippen LogP contribution in [0.25, 0.3) is 0 Å². The Morgan fingerprint density at radius 3 is 2.45 bits per heavy atom. The molecule has 1 N–H and O–H groups in total. The summed E-state index contributed by atoms with van der Waals surface area (Å²) in [5.74, 6) is 1.54. The molecule has 0 radical (unpaired) electrons. The number of methoxy groups -OCH3 is 3. The summed E-state index contributed by atoms with van der Waals surface area (Å²) in [5.41, 5.74) is 1.11. The van der Waals surface area contributed by atoms with Crippen molar-refractivity contribution in [3.05, 3.63) is 23.8 Å². The maximum absolute atomic E-state index is 10.8. The van der Waals surface area contributed by atoms with Crippen molar-refractivity contribution in [3.63, 3.8) is 0 Å². The van der Waals surface area contributed by atoms with Crippen LogP contribution in [0.5, 0.6) is 0 Å². The van der Waals surface area contributed by atoms with E-state index >= 15 is 0 Å². The maximum Gasteiger partial charge on any atom is 0.158 e. The quantitative estimate of drug-likeness (QED) is 0.513. The Bertz CT molecular complexity index is 541. The van der Waals surface area contributed by atoms with Crippen LogP contribution in [0.4, 0.5) is 0 Å². The van der Waals surface area contributed by atoms with Crippen molar-refractivity contribution in [2.24, 2.45) is 23.7 Å². The second-order valence-electron chi connectivity index (χ2n) is 8.82. The Kier molecular flexibility index (Phi) is 9.83. The summed E-state index contributed by atoms with van der Waals surface area (Å²) in [7, 11) is 5.20. The Morgan fingerprint density at radius 2 is 1.86 bits per heavy atom. The van der Waals surface area contributed by atoms with Gasteiger partial charge in [-0.25, -0.2) is 0 Å². The molecule has 2 fully saturated rings. The minimum absolute atomic E-state index is 0.0510. The van der Waals surface area contributed by atoms with Gasteiger partial charge in [0.1, 0.15) is 6.10 Å². The van der Waals surface area contributed by atoms with Crippen molar-refractivity contribution in [1.82, 2.24) is 0 Å². The summed E-state index contributed by atoms with van der Waals surface area (Å²) >= 11 is 0. The first kappa shape index (κ1) is 24.5. The van der Waals surface area contributed by atoms with Gasteiger partial charge in [-0.2, -0.15) is 0 Å². The topological polar surface area (TPSA) is 57.2 Å². The van der Waals surface area contributed by atoms with Crippen LogP contribution in [0.3, 0.4) is 0 Å². The first-order chi connectivity index (χ1) is 13.9. The highest BCUT2D eigenvalue weighted by molar-refractivity contribution is 5.17. The smallest absolute Gasteiger partial charge is 0.158 e. The minimum Gasteiger partial charge on any atom is -0.392 e. The second kappa shape index (κ2) is 11.6. The molecule has 1 aliphatic heterocycles. The van der Waals surface area contributed by atoms with Crippen LogP contribution in [0, 0.1) is 23.7 Å². The summed E-state index contributed by atoms with van der Waals surface area (Å²) in [4.78, 5) is 0. The molecule has 9 atom stereocenters. The largest absolute Gasteiger partial charge is 0.392 e. The van der Waals surface area contributed by atoms with Crippen LogP contribution in [0.2, 0.25) is 0 Å². The Hall–Kier alpha value is -0.720. The molecule has 1 saturated heterocycles. The number of allylic oxidation sites excluding steroid dienone is 2.